The summed E-state index contributed by atoms with van der Waals surface area (Å²) in [6.07, 6.45) is -2.13. The smallest absolute Gasteiger partial charge is 0.406 e. The Balaban J connectivity index is 1.97. The second-order valence-electron chi connectivity index (χ2n) is 5.76. The van der Waals surface area contributed by atoms with E-state index in [2.05, 4.69) is 4.98 Å². The number of aromatic nitrogens is 2. The Hall–Kier alpha value is -2.23. The van der Waals surface area contributed by atoms with Gasteiger partial charge in [0.15, 0.2) is 16.3 Å². The van der Waals surface area contributed by atoms with E-state index in [-0.39, 0.29) is 12.2 Å². The fraction of sp³-hybridized carbons (Fsp3) is 0.400. The van der Waals surface area contributed by atoms with E-state index in [0.717, 1.165) is 4.90 Å². The van der Waals surface area contributed by atoms with Gasteiger partial charge < -0.3 is 10.0 Å². The van der Waals surface area contributed by atoms with Crippen LogP contribution in [0, 0.1) is 5.41 Å². The standard InChI is InChI=1S/C15H14F3N3O3S/c1-25-13-19-10(9-4-2-3-6-21(9)13)11(22)20-7-5-14(8-20,12(23)24)15(16,17)18/h2-4,6H,5,7-8H2,1H3,(H,23,24). The van der Waals surface area contributed by atoms with E-state index < -0.39 is 36.4 Å². The summed E-state index contributed by atoms with van der Waals surface area (Å²) in [4.78, 5) is 29.1. The first kappa shape index (κ1) is 17.6. The highest BCUT2D eigenvalue weighted by Gasteiger charge is 2.64. The second kappa shape index (κ2) is 5.94. The monoisotopic (exact) mass is 373 g/mol. The third-order valence-electron chi connectivity index (χ3n) is 4.41. The number of pyridine rings is 1. The van der Waals surface area contributed by atoms with Crippen molar-refractivity contribution in [3.8, 4) is 0 Å². The number of likely N-dealkylation sites (tertiary alicyclic amines) is 1. The Labute approximate surface area is 144 Å². The predicted octanol–water partition coefficient (Wildman–Crippen LogP) is 2.54. The number of carboxylic acid groups (broad SMARTS) is 1. The number of thioether (sulfide) groups is 1. The number of rotatable bonds is 3. The number of nitrogens with zero attached hydrogens (tertiary/aromatic N) is 3. The minimum Gasteiger partial charge on any atom is -0.481 e. The number of hydrogen-bond acceptors (Lipinski definition) is 4. The summed E-state index contributed by atoms with van der Waals surface area (Å²) in [6, 6.07) is 5.08. The van der Waals surface area contributed by atoms with E-state index in [9.17, 15) is 22.8 Å². The first-order valence-corrected chi connectivity index (χ1v) is 8.54. The van der Waals surface area contributed by atoms with Crippen molar-refractivity contribution in [2.45, 2.75) is 17.8 Å². The van der Waals surface area contributed by atoms with Crippen LogP contribution in [0.3, 0.4) is 0 Å². The van der Waals surface area contributed by atoms with Gasteiger partial charge in [-0.15, -0.1) is 0 Å². The molecule has 0 bridgehead atoms. The molecule has 2 aromatic heterocycles. The van der Waals surface area contributed by atoms with Crippen molar-refractivity contribution in [3.63, 3.8) is 0 Å². The van der Waals surface area contributed by atoms with E-state index >= 15 is 0 Å². The molecule has 10 heteroatoms. The minimum atomic E-state index is -4.94. The Kier molecular flexibility index (Phi) is 4.18. The Morgan fingerprint density at radius 3 is 2.64 bits per heavy atom. The SMILES string of the molecule is CSc1nc(C(=O)N2CCC(C(=O)O)(C(F)(F)F)C2)c2ccccn12. The fourth-order valence-electron chi connectivity index (χ4n) is 2.97. The normalized spacial score (nSPS) is 21.0. The lowest BCUT2D eigenvalue weighted by atomic mass is 9.86. The van der Waals surface area contributed by atoms with Crippen molar-refractivity contribution in [1.82, 2.24) is 14.3 Å². The molecule has 0 aliphatic carbocycles. The van der Waals surface area contributed by atoms with Crippen molar-refractivity contribution in [3.05, 3.63) is 30.1 Å². The lowest BCUT2D eigenvalue weighted by molar-refractivity contribution is -0.227. The highest BCUT2D eigenvalue weighted by molar-refractivity contribution is 7.98. The molecule has 1 aliphatic heterocycles. The number of amides is 1. The minimum absolute atomic E-state index is 0.0216. The van der Waals surface area contributed by atoms with E-state index in [4.69, 9.17) is 5.11 Å². The van der Waals surface area contributed by atoms with Crippen LogP contribution in [0.25, 0.3) is 5.52 Å². The molecule has 1 unspecified atom stereocenters. The lowest BCUT2D eigenvalue weighted by Gasteiger charge is -2.27. The zero-order valence-electron chi connectivity index (χ0n) is 13.1. The zero-order chi connectivity index (χ0) is 18.4. The van der Waals surface area contributed by atoms with Gasteiger partial charge >= 0.3 is 12.1 Å². The number of aliphatic carboxylic acids is 1. The van der Waals surface area contributed by atoms with Crippen LogP contribution in [0.2, 0.25) is 0 Å². The molecule has 0 spiro atoms. The fourth-order valence-corrected chi connectivity index (χ4v) is 3.51. The van der Waals surface area contributed by atoms with Gasteiger partial charge in [-0.05, 0) is 24.8 Å². The first-order valence-electron chi connectivity index (χ1n) is 7.32. The van der Waals surface area contributed by atoms with E-state index in [0.29, 0.717) is 10.7 Å². The lowest BCUT2D eigenvalue weighted by Crippen LogP contribution is -2.47. The van der Waals surface area contributed by atoms with Gasteiger partial charge in [-0.2, -0.15) is 13.2 Å². The maximum atomic E-state index is 13.3. The summed E-state index contributed by atoms with van der Waals surface area (Å²) in [5.74, 6) is -2.66. The van der Waals surface area contributed by atoms with Crippen LogP contribution in [0.5, 0.6) is 0 Å². The summed E-state index contributed by atoms with van der Waals surface area (Å²) in [5.41, 5.74) is -2.44. The maximum Gasteiger partial charge on any atom is 0.406 e. The van der Waals surface area contributed by atoms with Gasteiger partial charge in [0.25, 0.3) is 5.91 Å². The molecule has 3 heterocycles. The van der Waals surface area contributed by atoms with Gasteiger partial charge in [0.2, 0.25) is 0 Å². The van der Waals surface area contributed by atoms with Crippen LogP contribution in [0.1, 0.15) is 16.9 Å². The van der Waals surface area contributed by atoms with Gasteiger partial charge in [-0.1, -0.05) is 17.8 Å². The molecule has 2 aromatic rings. The van der Waals surface area contributed by atoms with Crippen molar-refractivity contribution in [2.24, 2.45) is 5.41 Å². The molecule has 6 nitrogen and oxygen atoms in total. The molecule has 1 atom stereocenters. The number of alkyl halides is 3. The van der Waals surface area contributed by atoms with Gasteiger partial charge in [0.1, 0.15) is 0 Å². The molecule has 1 amide bonds. The number of halogens is 3. The number of carbonyl (C=O) groups is 2. The van der Waals surface area contributed by atoms with Crippen molar-refractivity contribution < 1.29 is 27.9 Å². The van der Waals surface area contributed by atoms with Crippen molar-refractivity contribution >= 4 is 29.2 Å². The molecule has 1 aliphatic rings. The first-order chi connectivity index (χ1) is 11.7. The van der Waals surface area contributed by atoms with Gasteiger partial charge in [0.05, 0.1) is 5.52 Å². The van der Waals surface area contributed by atoms with Crippen LogP contribution < -0.4 is 0 Å². The third kappa shape index (κ3) is 2.64. The van der Waals surface area contributed by atoms with Crippen LogP contribution >= 0.6 is 11.8 Å². The molecule has 25 heavy (non-hydrogen) atoms. The summed E-state index contributed by atoms with van der Waals surface area (Å²) < 4.78 is 41.5. The van der Waals surface area contributed by atoms with E-state index in [1.807, 2.05) is 0 Å². The summed E-state index contributed by atoms with van der Waals surface area (Å²) >= 11 is 1.30. The largest absolute Gasteiger partial charge is 0.481 e. The van der Waals surface area contributed by atoms with Crippen molar-refractivity contribution in [2.75, 3.05) is 19.3 Å². The van der Waals surface area contributed by atoms with Crippen LogP contribution in [-0.4, -0.2) is 56.8 Å². The summed E-state index contributed by atoms with van der Waals surface area (Å²) in [7, 11) is 0. The van der Waals surface area contributed by atoms with Crippen LogP contribution in [-0.2, 0) is 4.79 Å². The number of fused-ring (bicyclic) bond motifs is 1. The van der Waals surface area contributed by atoms with Crippen molar-refractivity contribution in [1.29, 1.82) is 0 Å². The molecular formula is C15H14F3N3O3S. The topological polar surface area (TPSA) is 74.9 Å². The molecule has 0 radical (unpaired) electrons. The molecule has 3 rings (SSSR count). The molecule has 1 fully saturated rings. The van der Waals surface area contributed by atoms with E-state index in [1.165, 1.54) is 11.8 Å². The summed E-state index contributed by atoms with van der Waals surface area (Å²) in [5, 5.41) is 9.63. The molecular weight excluding hydrogens is 359 g/mol. The number of imidazole rings is 1. The Bertz CT molecular complexity index is 851. The molecule has 0 saturated carbocycles. The molecule has 1 N–H and O–H groups in total. The number of carboxylic acids is 1. The second-order valence-corrected chi connectivity index (χ2v) is 6.54. The van der Waals surface area contributed by atoms with Crippen LogP contribution in [0.15, 0.2) is 29.6 Å². The molecule has 0 aromatic carbocycles. The number of carbonyl (C=O) groups excluding carboxylic acids is 1. The highest BCUT2D eigenvalue weighted by Crippen LogP contribution is 2.46. The van der Waals surface area contributed by atoms with E-state index in [1.54, 1.807) is 35.1 Å². The Morgan fingerprint density at radius 2 is 2.08 bits per heavy atom. The average Bonchev–Trinajstić information content (AvgIpc) is 3.17. The van der Waals surface area contributed by atoms with Crippen LogP contribution in [0.4, 0.5) is 13.2 Å². The average molecular weight is 373 g/mol. The Morgan fingerprint density at radius 1 is 1.36 bits per heavy atom. The zero-order valence-corrected chi connectivity index (χ0v) is 13.9. The molecule has 134 valence electrons. The molecule has 1 saturated heterocycles. The maximum absolute atomic E-state index is 13.3. The predicted molar refractivity (Wildman–Crippen MR) is 83.6 cm³/mol. The quantitative estimate of drug-likeness (QED) is 0.837. The van der Waals surface area contributed by atoms with Gasteiger partial charge in [-0.3, -0.25) is 14.0 Å². The summed E-state index contributed by atoms with van der Waals surface area (Å²) in [6.45, 7) is -1.20. The van der Waals surface area contributed by atoms with Gasteiger partial charge in [-0.25, -0.2) is 4.98 Å². The highest BCUT2D eigenvalue weighted by atomic mass is 32.2. The number of hydrogen-bond donors (Lipinski definition) is 1. The third-order valence-corrected chi connectivity index (χ3v) is 5.06. The van der Waals surface area contributed by atoms with Gasteiger partial charge in [0, 0.05) is 19.3 Å².